The second-order valence-corrected chi connectivity index (χ2v) is 4.46. The minimum absolute atomic E-state index is 0.0502. The van der Waals surface area contributed by atoms with Gasteiger partial charge in [-0.05, 0) is 25.5 Å². The maximum atomic E-state index is 12.1. The lowest BCUT2D eigenvalue weighted by molar-refractivity contribution is 0.0939. The van der Waals surface area contributed by atoms with Crippen LogP contribution in [0.4, 0.5) is 0 Å². The summed E-state index contributed by atoms with van der Waals surface area (Å²) in [5.74, 6) is -0.0514. The number of aromatic nitrogens is 2. The summed E-state index contributed by atoms with van der Waals surface area (Å²) in [4.78, 5) is 12.1. The van der Waals surface area contributed by atoms with Crippen LogP contribution in [0.1, 0.15) is 34.5 Å². The third-order valence-electron chi connectivity index (χ3n) is 2.96. The van der Waals surface area contributed by atoms with Crippen LogP contribution in [-0.4, -0.2) is 15.7 Å². The molecule has 0 radical (unpaired) electrons. The van der Waals surface area contributed by atoms with Crippen molar-refractivity contribution < 1.29 is 4.79 Å². The van der Waals surface area contributed by atoms with E-state index in [0.717, 1.165) is 11.1 Å². The van der Waals surface area contributed by atoms with Gasteiger partial charge in [0.2, 0.25) is 0 Å². The van der Waals surface area contributed by atoms with Crippen LogP contribution in [0.15, 0.2) is 36.7 Å². The topological polar surface area (TPSA) is 46.9 Å². The Labute approximate surface area is 107 Å². The fourth-order valence-electron chi connectivity index (χ4n) is 1.85. The molecule has 0 aliphatic carbocycles. The molecular formula is C14H17N3O. The Morgan fingerprint density at radius 3 is 2.72 bits per heavy atom. The molecule has 2 aromatic rings. The van der Waals surface area contributed by atoms with Crippen molar-refractivity contribution in [2.45, 2.75) is 19.9 Å². The molecule has 0 fully saturated rings. The number of carbonyl (C=O) groups excluding carboxylic acids is 1. The van der Waals surface area contributed by atoms with Gasteiger partial charge in [0.15, 0.2) is 0 Å². The number of aryl methyl sites for hydroxylation is 2. The van der Waals surface area contributed by atoms with Crippen LogP contribution in [0.25, 0.3) is 0 Å². The fraction of sp³-hybridized carbons (Fsp3) is 0.286. The standard InChI is InChI=1S/C14H17N3O/c1-10-6-4-5-7-13(10)14(18)16-11(2)12-8-15-17(3)9-12/h4-9,11H,1-3H3,(H,16,18)/t11-/m1/s1. The number of amides is 1. The van der Waals surface area contributed by atoms with Crippen molar-refractivity contribution in [3.8, 4) is 0 Å². The zero-order chi connectivity index (χ0) is 13.1. The second-order valence-electron chi connectivity index (χ2n) is 4.46. The molecule has 1 amide bonds. The summed E-state index contributed by atoms with van der Waals surface area (Å²) in [6.45, 7) is 3.89. The molecule has 0 saturated heterocycles. The Kier molecular flexibility index (Phi) is 3.46. The van der Waals surface area contributed by atoms with Crippen LogP contribution >= 0.6 is 0 Å². The first-order chi connectivity index (χ1) is 8.58. The van der Waals surface area contributed by atoms with Crippen LogP contribution in [0.3, 0.4) is 0 Å². The smallest absolute Gasteiger partial charge is 0.252 e. The van der Waals surface area contributed by atoms with Gasteiger partial charge in [-0.2, -0.15) is 5.10 Å². The molecule has 1 atom stereocenters. The first-order valence-corrected chi connectivity index (χ1v) is 5.93. The average Bonchev–Trinajstić information content (AvgIpc) is 2.76. The van der Waals surface area contributed by atoms with E-state index in [1.807, 2.05) is 51.4 Å². The van der Waals surface area contributed by atoms with Gasteiger partial charge in [0, 0.05) is 24.4 Å². The summed E-state index contributed by atoms with van der Waals surface area (Å²) in [6.07, 6.45) is 3.67. The highest BCUT2D eigenvalue weighted by atomic mass is 16.1. The SMILES string of the molecule is Cc1ccccc1C(=O)N[C@H](C)c1cnn(C)c1. The van der Waals surface area contributed by atoms with Crippen LogP contribution in [0, 0.1) is 6.92 Å². The highest BCUT2D eigenvalue weighted by Gasteiger charge is 2.13. The van der Waals surface area contributed by atoms with Gasteiger partial charge in [0.1, 0.15) is 0 Å². The van der Waals surface area contributed by atoms with E-state index in [9.17, 15) is 4.79 Å². The molecule has 0 unspecified atom stereocenters. The van der Waals surface area contributed by atoms with E-state index >= 15 is 0 Å². The fourth-order valence-corrected chi connectivity index (χ4v) is 1.85. The number of nitrogens with one attached hydrogen (secondary N) is 1. The van der Waals surface area contributed by atoms with E-state index in [0.29, 0.717) is 5.56 Å². The Bertz CT molecular complexity index is 560. The van der Waals surface area contributed by atoms with Gasteiger partial charge in [-0.15, -0.1) is 0 Å². The van der Waals surface area contributed by atoms with Crippen molar-refractivity contribution in [2.24, 2.45) is 7.05 Å². The molecule has 0 spiro atoms. The summed E-state index contributed by atoms with van der Waals surface area (Å²) in [5.41, 5.74) is 2.70. The molecule has 0 aliphatic heterocycles. The molecular weight excluding hydrogens is 226 g/mol. The lowest BCUT2D eigenvalue weighted by atomic mass is 10.1. The van der Waals surface area contributed by atoms with Gasteiger partial charge in [0.05, 0.1) is 12.2 Å². The van der Waals surface area contributed by atoms with E-state index in [1.165, 1.54) is 0 Å². The molecule has 1 N–H and O–H groups in total. The van der Waals surface area contributed by atoms with Crippen molar-refractivity contribution in [1.29, 1.82) is 0 Å². The zero-order valence-corrected chi connectivity index (χ0v) is 10.8. The quantitative estimate of drug-likeness (QED) is 0.898. The van der Waals surface area contributed by atoms with Crippen LogP contribution in [0.2, 0.25) is 0 Å². The predicted octanol–water partition coefficient (Wildman–Crippen LogP) is 2.22. The Balaban J connectivity index is 2.10. The van der Waals surface area contributed by atoms with Gasteiger partial charge in [-0.1, -0.05) is 18.2 Å². The highest BCUT2D eigenvalue weighted by Crippen LogP contribution is 2.13. The molecule has 1 aromatic carbocycles. The van der Waals surface area contributed by atoms with Gasteiger partial charge in [-0.3, -0.25) is 9.48 Å². The van der Waals surface area contributed by atoms with Gasteiger partial charge in [0.25, 0.3) is 5.91 Å². The van der Waals surface area contributed by atoms with Crippen LogP contribution < -0.4 is 5.32 Å². The highest BCUT2D eigenvalue weighted by molar-refractivity contribution is 5.95. The molecule has 94 valence electrons. The van der Waals surface area contributed by atoms with Gasteiger partial charge in [-0.25, -0.2) is 0 Å². The molecule has 0 bridgehead atoms. The number of hydrogen-bond acceptors (Lipinski definition) is 2. The maximum Gasteiger partial charge on any atom is 0.252 e. The van der Waals surface area contributed by atoms with E-state index in [2.05, 4.69) is 10.4 Å². The van der Waals surface area contributed by atoms with Crippen molar-refractivity contribution >= 4 is 5.91 Å². The molecule has 1 aromatic heterocycles. The minimum atomic E-state index is -0.0514. The monoisotopic (exact) mass is 243 g/mol. The van der Waals surface area contributed by atoms with Crippen molar-refractivity contribution in [2.75, 3.05) is 0 Å². The first kappa shape index (κ1) is 12.4. The largest absolute Gasteiger partial charge is 0.345 e. The third kappa shape index (κ3) is 2.59. The lowest BCUT2D eigenvalue weighted by Gasteiger charge is -2.13. The number of carbonyl (C=O) groups is 1. The van der Waals surface area contributed by atoms with E-state index in [1.54, 1.807) is 10.9 Å². The molecule has 4 heteroatoms. The maximum absolute atomic E-state index is 12.1. The van der Waals surface area contributed by atoms with Crippen molar-refractivity contribution in [1.82, 2.24) is 15.1 Å². The van der Waals surface area contributed by atoms with E-state index in [-0.39, 0.29) is 11.9 Å². The molecule has 18 heavy (non-hydrogen) atoms. The van der Waals surface area contributed by atoms with Crippen LogP contribution in [0.5, 0.6) is 0 Å². The Morgan fingerprint density at radius 1 is 1.39 bits per heavy atom. The molecule has 2 rings (SSSR count). The Hall–Kier alpha value is -2.10. The molecule has 1 heterocycles. The third-order valence-corrected chi connectivity index (χ3v) is 2.96. The predicted molar refractivity (Wildman–Crippen MR) is 70.3 cm³/mol. The lowest BCUT2D eigenvalue weighted by Crippen LogP contribution is -2.27. The first-order valence-electron chi connectivity index (χ1n) is 5.93. The van der Waals surface area contributed by atoms with Crippen molar-refractivity contribution in [3.63, 3.8) is 0 Å². The summed E-state index contributed by atoms with van der Waals surface area (Å²) in [7, 11) is 1.86. The number of hydrogen-bond donors (Lipinski definition) is 1. The number of benzene rings is 1. The van der Waals surface area contributed by atoms with Gasteiger partial charge >= 0.3 is 0 Å². The van der Waals surface area contributed by atoms with Crippen molar-refractivity contribution in [3.05, 3.63) is 53.3 Å². The van der Waals surface area contributed by atoms with E-state index in [4.69, 9.17) is 0 Å². The summed E-state index contributed by atoms with van der Waals surface area (Å²) >= 11 is 0. The molecule has 4 nitrogen and oxygen atoms in total. The van der Waals surface area contributed by atoms with Crippen LogP contribution in [-0.2, 0) is 7.05 Å². The summed E-state index contributed by atoms with van der Waals surface area (Å²) in [6, 6.07) is 7.52. The molecule has 0 saturated carbocycles. The Morgan fingerprint density at radius 2 is 2.11 bits per heavy atom. The van der Waals surface area contributed by atoms with Gasteiger partial charge < -0.3 is 5.32 Å². The second kappa shape index (κ2) is 5.04. The summed E-state index contributed by atoms with van der Waals surface area (Å²) < 4.78 is 1.73. The summed E-state index contributed by atoms with van der Waals surface area (Å²) in [5, 5.41) is 7.07. The minimum Gasteiger partial charge on any atom is -0.345 e. The zero-order valence-electron chi connectivity index (χ0n) is 10.8. The molecule has 0 aliphatic rings. The number of rotatable bonds is 3. The number of nitrogens with zero attached hydrogens (tertiary/aromatic N) is 2. The van der Waals surface area contributed by atoms with E-state index < -0.39 is 0 Å². The normalized spacial score (nSPS) is 12.2. The average molecular weight is 243 g/mol.